The van der Waals surface area contributed by atoms with Crippen LogP contribution in [0.1, 0.15) is 11.1 Å². The molecule has 0 saturated heterocycles. The zero-order valence-electron chi connectivity index (χ0n) is 10.8. The van der Waals surface area contributed by atoms with Gasteiger partial charge in [-0.1, -0.05) is 29.3 Å². The molecule has 0 radical (unpaired) electrons. The second-order valence-electron chi connectivity index (χ2n) is 4.56. The standard InChI is InChI=1S/C14H16Cl2N4/c15-12-2-1-3-13(16)11(12)8-10(20-18)6-9-4-5-19-14(17)7-9/h1-5,7,10,20H,6,8,18H2,(H2,17,19). The lowest BCUT2D eigenvalue weighted by molar-refractivity contribution is 0.522. The molecule has 0 spiro atoms. The number of benzene rings is 1. The molecule has 2 rings (SSSR count). The molecule has 20 heavy (non-hydrogen) atoms. The van der Waals surface area contributed by atoms with Gasteiger partial charge in [0.1, 0.15) is 5.82 Å². The molecular weight excluding hydrogens is 295 g/mol. The Hall–Kier alpha value is -1.33. The molecule has 2 aromatic rings. The Morgan fingerprint density at radius 1 is 1.15 bits per heavy atom. The third-order valence-electron chi connectivity index (χ3n) is 3.08. The summed E-state index contributed by atoms with van der Waals surface area (Å²) in [6, 6.07) is 9.21. The van der Waals surface area contributed by atoms with Crippen LogP contribution in [-0.2, 0) is 12.8 Å². The monoisotopic (exact) mass is 310 g/mol. The predicted octanol–water partition coefficient (Wildman–Crippen LogP) is 2.59. The molecular formula is C14H16Cl2N4. The Bertz CT molecular complexity index is 569. The van der Waals surface area contributed by atoms with Gasteiger partial charge in [0.15, 0.2) is 0 Å². The molecule has 1 heterocycles. The summed E-state index contributed by atoms with van der Waals surface area (Å²) in [4.78, 5) is 3.97. The Labute approximate surface area is 128 Å². The van der Waals surface area contributed by atoms with Crippen molar-refractivity contribution in [2.75, 3.05) is 5.73 Å². The molecule has 0 fully saturated rings. The number of hydrogen-bond donors (Lipinski definition) is 3. The minimum absolute atomic E-state index is 0.00852. The first-order valence-electron chi connectivity index (χ1n) is 6.19. The molecule has 106 valence electrons. The number of nitrogens with zero attached hydrogens (tertiary/aromatic N) is 1. The van der Waals surface area contributed by atoms with Gasteiger partial charge < -0.3 is 5.73 Å². The van der Waals surface area contributed by atoms with Crippen molar-refractivity contribution in [3.8, 4) is 0 Å². The van der Waals surface area contributed by atoms with E-state index in [2.05, 4.69) is 10.4 Å². The molecule has 6 heteroatoms. The van der Waals surface area contributed by atoms with E-state index < -0.39 is 0 Å². The number of nitrogen functional groups attached to an aromatic ring is 1. The summed E-state index contributed by atoms with van der Waals surface area (Å²) < 4.78 is 0. The highest BCUT2D eigenvalue weighted by Gasteiger charge is 2.14. The maximum Gasteiger partial charge on any atom is 0.123 e. The van der Waals surface area contributed by atoms with E-state index in [0.29, 0.717) is 28.7 Å². The van der Waals surface area contributed by atoms with Crippen molar-refractivity contribution in [1.82, 2.24) is 10.4 Å². The average Bonchev–Trinajstić information content (AvgIpc) is 2.42. The fourth-order valence-corrected chi connectivity index (χ4v) is 2.62. The van der Waals surface area contributed by atoms with E-state index >= 15 is 0 Å². The van der Waals surface area contributed by atoms with Gasteiger partial charge in [-0.2, -0.15) is 0 Å². The first kappa shape index (κ1) is 15.1. The first-order valence-corrected chi connectivity index (χ1v) is 6.95. The Morgan fingerprint density at radius 2 is 1.85 bits per heavy atom. The fourth-order valence-electron chi connectivity index (χ4n) is 2.07. The van der Waals surface area contributed by atoms with Crippen LogP contribution < -0.4 is 17.0 Å². The highest BCUT2D eigenvalue weighted by atomic mass is 35.5. The number of nitrogens with one attached hydrogen (secondary N) is 1. The molecule has 0 amide bonds. The van der Waals surface area contributed by atoms with Crippen LogP contribution in [0, 0.1) is 0 Å². The smallest absolute Gasteiger partial charge is 0.123 e. The molecule has 1 aromatic heterocycles. The molecule has 0 saturated carbocycles. The Kier molecular flexibility index (Phi) is 5.20. The largest absolute Gasteiger partial charge is 0.384 e. The normalized spacial score (nSPS) is 12.3. The van der Waals surface area contributed by atoms with Crippen LogP contribution in [0.25, 0.3) is 0 Å². The van der Waals surface area contributed by atoms with Crippen LogP contribution in [0.5, 0.6) is 0 Å². The number of pyridine rings is 1. The summed E-state index contributed by atoms with van der Waals surface area (Å²) in [7, 11) is 0. The number of hydrogen-bond acceptors (Lipinski definition) is 4. The zero-order valence-corrected chi connectivity index (χ0v) is 12.3. The van der Waals surface area contributed by atoms with Gasteiger partial charge in [0.25, 0.3) is 0 Å². The number of aromatic nitrogens is 1. The van der Waals surface area contributed by atoms with Gasteiger partial charge in [-0.05, 0) is 48.2 Å². The van der Waals surface area contributed by atoms with Gasteiger partial charge in [0.05, 0.1) is 0 Å². The molecule has 5 N–H and O–H groups in total. The number of anilines is 1. The minimum atomic E-state index is 0.00852. The lowest BCUT2D eigenvalue weighted by atomic mass is 10.00. The third-order valence-corrected chi connectivity index (χ3v) is 3.78. The van der Waals surface area contributed by atoms with Crippen molar-refractivity contribution in [2.45, 2.75) is 18.9 Å². The average molecular weight is 311 g/mol. The number of nitrogens with two attached hydrogens (primary N) is 2. The van der Waals surface area contributed by atoms with Crippen LogP contribution in [0.15, 0.2) is 36.5 Å². The van der Waals surface area contributed by atoms with Gasteiger partial charge in [-0.15, -0.1) is 0 Å². The summed E-state index contributed by atoms with van der Waals surface area (Å²) in [5.74, 6) is 6.12. The van der Waals surface area contributed by atoms with Crippen molar-refractivity contribution in [3.05, 3.63) is 57.7 Å². The molecule has 0 aliphatic rings. The molecule has 1 aromatic carbocycles. The van der Waals surface area contributed by atoms with Crippen molar-refractivity contribution in [1.29, 1.82) is 0 Å². The van der Waals surface area contributed by atoms with Crippen LogP contribution in [0.4, 0.5) is 5.82 Å². The molecule has 0 bridgehead atoms. The van der Waals surface area contributed by atoms with Crippen molar-refractivity contribution in [3.63, 3.8) is 0 Å². The lowest BCUT2D eigenvalue weighted by Crippen LogP contribution is -2.38. The van der Waals surface area contributed by atoms with E-state index in [0.717, 1.165) is 11.1 Å². The summed E-state index contributed by atoms with van der Waals surface area (Å²) in [6.07, 6.45) is 3.03. The second-order valence-corrected chi connectivity index (χ2v) is 5.38. The van der Waals surface area contributed by atoms with E-state index in [-0.39, 0.29) is 6.04 Å². The van der Waals surface area contributed by atoms with Crippen LogP contribution in [0.3, 0.4) is 0 Å². The van der Waals surface area contributed by atoms with Gasteiger partial charge in [0.2, 0.25) is 0 Å². The maximum absolute atomic E-state index is 6.18. The van der Waals surface area contributed by atoms with Crippen molar-refractivity contribution < 1.29 is 0 Å². The van der Waals surface area contributed by atoms with Gasteiger partial charge >= 0.3 is 0 Å². The van der Waals surface area contributed by atoms with E-state index in [1.54, 1.807) is 6.20 Å². The molecule has 0 aliphatic heterocycles. The summed E-state index contributed by atoms with van der Waals surface area (Å²) in [5, 5.41) is 1.29. The molecule has 0 aliphatic carbocycles. The van der Waals surface area contributed by atoms with Gasteiger partial charge in [-0.25, -0.2) is 4.98 Å². The third kappa shape index (κ3) is 3.84. The number of rotatable bonds is 5. The molecule has 4 nitrogen and oxygen atoms in total. The number of halogens is 2. The molecule has 1 atom stereocenters. The van der Waals surface area contributed by atoms with Crippen LogP contribution >= 0.6 is 23.2 Å². The Balaban J connectivity index is 2.13. The van der Waals surface area contributed by atoms with Crippen molar-refractivity contribution >= 4 is 29.0 Å². The lowest BCUT2D eigenvalue weighted by Gasteiger charge is -2.17. The maximum atomic E-state index is 6.18. The minimum Gasteiger partial charge on any atom is -0.384 e. The quantitative estimate of drug-likeness (QED) is 0.586. The Morgan fingerprint density at radius 3 is 2.45 bits per heavy atom. The van der Waals surface area contributed by atoms with E-state index in [9.17, 15) is 0 Å². The summed E-state index contributed by atoms with van der Waals surface area (Å²) in [6.45, 7) is 0. The highest BCUT2D eigenvalue weighted by molar-refractivity contribution is 6.36. The van der Waals surface area contributed by atoms with Crippen LogP contribution in [0.2, 0.25) is 10.0 Å². The predicted molar refractivity (Wildman–Crippen MR) is 83.6 cm³/mol. The van der Waals surface area contributed by atoms with Crippen LogP contribution in [-0.4, -0.2) is 11.0 Å². The van der Waals surface area contributed by atoms with E-state index in [1.807, 2.05) is 30.3 Å². The van der Waals surface area contributed by atoms with Gasteiger partial charge in [0, 0.05) is 22.3 Å². The zero-order chi connectivity index (χ0) is 14.5. The SMILES string of the molecule is NNC(Cc1ccnc(N)c1)Cc1c(Cl)cccc1Cl. The first-order chi connectivity index (χ1) is 9.60. The second kappa shape index (κ2) is 6.90. The topological polar surface area (TPSA) is 77.0 Å². The van der Waals surface area contributed by atoms with Gasteiger partial charge in [-0.3, -0.25) is 11.3 Å². The fraction of sp³-hybridized carbons (Fsp3) is 0.214. The summed E-state index contributed by atoms with van der Waals surface area (Å²) >= 11 is 12.4. The van der Waals surface area contributed by atoms with Crippen molar-refractivity contribution in [2.24, 2.45) is 5.84 Å². The van der Waals surface area contributed by atoms with E-state index in [1.165, 1.54) is 0 Å². The van der Waals surface area contributed by atoms with E-state index in [4.69, 9.17) is 34.8 Å². The molecule has 1 unspecified atom stereocenters. The number of hydrazine groups is 1. The summed E-state index contributed by atoms with van der Waals surface area (Å²) in [5.41, 5.74) is 10.4. The highest BCUT2D eigenvalue weighted by Crippen LogP contribution is 2.26.